The summed E-state index contributed by atoms with van der Waals surface area (Å²) in [6, 6.07) is 25.9. The van der Waals surface area contributed by atoms with Gasteiger partial charge in [-0.25, -0.2) is 4.79 Å². The lowest BCUT2D eigenvalue weighted by molar-refractivity contribution is -0.141. The average Bonchev–Trinajstić information content (AvgIpc) is 2.78. The van der Waals surface area contributed by atoms with Gasteiger partial charge < -0.3 is 15.2 Å². The molecule has 3 aromatic rings. The number of ether oxygens (including phenoxy) is 1. The highest BCUT2D eigenvalue weighted by Gasteiger charge is 2.20. The Kier molecular flexibility index (Phi) is 7.61. The van der Waals surface area contributed by atoms with Crippen LogP contribution in [-0.4, -0.2) is 23.0 Å². The molecule has 0 fully saturated rings. The van der Waals surface area contributed by atoms with Crippen LogP contribution in [0.2, 0.25) is 0 Å². The molecule has 0 heterocycles. The van der Waals surface area contributed by atoms with E-state index in [1.807, 2.05) is 84.9 Å². The number of carbonyl (C=O) groups is 2. The molecule has 0 aromatic heterocycles. The lowest BCUT2D eigenvalue weighted by Crippen LogP contribution is -2.42. The number of carboxylic acid groups (broad SMARTS) is 1. The summed E-state index contributed by atoms with van der Waals surface area (Å²) < 4.78 is 5.73. The van der Waals surface area contributed by atoms with Crippen molar-refractivity contribution in [3.8, 4) is 5.75 Å². The zero-order chi connectivity index (χ0) is 21.2. The van der Waals surface area contributed by atoms with E-state index in [2.05, 4.69) is 5.32 Å². The smallest absolute Gasteiger partial charge is 0.326 e. The van der Waals surface area contributed by atoms with Gasteiger partial charge in [0.2, 0.25) is 5.91 Å². The van der Waals surface area contributed by atoms with E-state index in [0.717, 1.165) is 22.4 Å². The lowest BCUT2D eigenvalue weighted by Gasteiger charge is -2.14. The van der Waals surface area contributed by atoms with E-state index in [0.29, 0.717) is 13.0 Å². The van der Waals surface area contributed by atoms with Crippen LogP contribution in [0.5, 0.6) is 5.75 Å². The molecule has 0 aliphatic rings. The van der Waals surface area contributed by atoms with Crippen molar-refractivity contribution in [3.63, 3.8) is 0 Å². The first-order chi connectivity index (χ1) is 14.6. The second-order valence-electron chi connectivity index (χ2n) is 7.07. The quantitative estimate of drug-likeness (QED) is 0.536. The minimum Gasteiger partial charge on any atom is -0.489 e. The molecule has 3 rings (SSSR count). The molecule has 0 saturated carbocycles. The van der Waals surface area contributed by atoms with Gasteiger partial charge in [-0.3, -0.25) is 4.79 Å². The molecular weight excluding hydrogens is 378 g/mol. The van der Waals surface area contributed by atoms with Crippen LogP contribution in [0.3, 0.4) is 0 Å². The van der Waals surface area contributed by atoms with Crippen LogP contribution in [0.4, 0.5) is 0 Å². The summed E-state index contributed by atoms with van der Waals surface area (Å²) in [5.41, 5.74) is 2.93. The third kappa shape index (κ3) is 6.78. The number of aryl methyl sites for hydroxylation is 1. The Hall–Kier alpha value is -3.60. The summed E-state index contributed by atoms with van der Waals surface area (Å²) in [6.45, 7) is 0.477. The second kappa shape index (κ2) is 10.8. The summed E-state index contributed by atoms with van der Waals surface area (Å²) >= 11 is 0. The molecule has 0 spiro atoms. The van der Waals surface area contributed by atoms with Gasteiger partial charge in [0, 0.05) is 12.8 Å². The van der Waals surface area contributed by atoms with Gasteiger partial charge in [0.15, 0.2) is 0 Å². The van der Waals surface area contributed by atoms with Crippen LogP contribution >= 0.6 is 0 Å². The fourth-order valence-corrected chi connectivity index (χ4v) is 3.06. The number of hydrogen-bond acceptors (Lipinski definition) is 3. The highest BCUT2D eigenvalue weighted by molar-refractivity contribution is 5.83. The molecule has 0 radical (unpaired) electrons. The van der Waals surface area contributed by atoms with E-state index in [-0.39, 0.29) is 18.7 Å². The maximum atomic E-state index is 12.3. The zero-order valence-electron chi connectivity index (χ0n) is 16.7. The molecule has 30 heavy (non-hydrogen) atoms. The minimum atomic E-state index is -1.03. The molecule has 3 aromatic carbocycles. The SMILES string of the molecule is O=C(CCc1ccc(COc2ccccc2)cc1)N[C@@H](Cc1ccccc1)C(=O)O. The molecule has 0 unspecified atom stereocenters. The van der Waals surface area contributed by atoms with Gasteiger partial charge in [-0.2, -0.15) is 0 Å². The van der Waals surface area contributed by atoms with Crippen molar-refractivity contribution in [1.82, 2.24) is 5.32 Å². The van der Waals surface area contributed by atoms with Gasteiger partial charge in [-0.05, 0) is 35.2 Å². The summed E-state index contributed by atoms with van der Waals surface area (Å²) in [5, 5.41) is 12.0. The van der Waals surface area contributed by atoms with Crippen molar-refractivity contribution >= 4 is 11.9 Å². The fraction of sp³-hybridized carbons (Fsp3) is 0.200. The molecule has 0 bridgehead atoms. The fourth-order valence-electron chi connectivity index (χ4n) is 3.06. The first-order valence-corrected chi connectivity index (χ1v) is 9.92. The molecule has 1 atom stereocenters. The predicted molar refractivity (Wildman–Crippen MR) is 115 cm³/mol. The third-order valence-electron chi connectivity index (χ3n) is 4.73. The van der Waals surface area contributed by atoms with Gasteiger partial charge >= 0.3 is 5.97 Å². The molecule has 0 saturated heterocycles. The van der Waals surface area contributed by atoms with Crippen molar-refractivity contribution in [2.45, 2.75) is 31.9 Å². The van der Waals surface area contributed by atoms with E-state index >= 15 is 0 Å². The number of nitrogens with one attached hydrogen (secondary N) is 1. The van der Waals surface area contributed by atoms with Crippen LogP contribution in [0, 0.1) is 0 Å². The van der Waals surface area contributed by atoms with Crippen molar-refractivity contribution in [3.05, 3.63) is 102 Å². The van der Waals surface area contributed by atoms with E-state index in [1.54, 1.807) is 0 Å². The lowest BCUT2D eigenvalue weighted by atomic mass is 10.0. The number of amides is 1. The van der Waals surface area contributed by atoms with Crippen molar-refractivity contribution in [1.29, 1.82) is 0 Å². The van der Waals surface area contributed by atoms with Gasteiger partial charge in [-0.1, -0.05) is 72.8 Å². The molecular formula is C25H25NO4. The van der Waals surface area contributed by atoms with Gasteiger partial charge in [0.05, 0.1) is 0 Å². The summed E-state index contributed by atoms with van der Waals surface area (Å²) in [5.74, 6) is -0.480. The van der Waals surface area contributed by atoms with Crippen molar-refractivity contribution in [2.75, 3.05) is 0 Å². The van der Waals surface area contributed by atoms with Gasteiger partial charge in [0.25, 0.3) is 0 Å². The summed E-state index contributed by atoms with van der Waals surface area (Å²) in [7, 11) is 0. The third-order valence-corrected chi connectivity index (χ3v) is 4.73. The maximum Gasteiger partial charge on any atom is 0.326 e. The van der Waals surface area contributed by atoms with Crippen LogP contribution in [-0.2, 0) is 29.0 Å². The Morgan fingerprint density at radius 3 is 2.03 bits per heavy atom. The van der Waals surface area contributed by atoms with Crippen molar-refractivity contribution in [2.24, 2.45) is 0 Å². The summed E-state index contributed by atoms with van der Waals surface area (Å²) in [6.07, 6.45) is 1.04. The molecule has 0 aliphatic heterocycles. The number of carboxylic acids is 1. The Morgan fingerprint density at radius 2 is 1.40 bits per heavy atom. The Morgan fingerprint density at radius 1 is 0.800 bits per heavy atom. The van der Waals surface area contributed by atoms with Gasteiger partial charge in [0.1, 0.15) is 18.4 Å². The van der Waals surface area contributed by atoms with Crippen LogP contribution in [0.25, 0.3) is 0 Å². The molecule has 2 N–H and O–H groups in total. The molecule has 1 amide bonds. The average molecular weight is 403 g/mol. The highest BCUT2D eigenvalue weighted by Crippen LogP contribution is 2.13. The Labute approximate surface area is 176 Å². The number of benzene rings is 3. The standard InChI is InChI=1S/C25H25NO4/c27-24(26-23(25(28)29)17-20-7-3-1-4-8-20)16-15-19-11-13-21(14-12-19)18-30-22-9-5-2-6-10-22/h1-14,23H,15-18H2,(H,26,27)(H,28,29)/t23-/m0/s1. The van der Waals surface area contributed by atoms with Crippen LogP contribution in [0.1, 0.15) is 23.1 Å². The monoisotopic (exact) mass is 403 g/mol. The van der Waals surface area contributed by atoms with E-state index < -0.39 is 12.0 Å². The Bertz CT molecular complexity index is 940. The van der Waals surface area contributed by atoms with E-state index in [1.165, 1.54) is 0 Å². The minimum absolute atomic E-state index is 0.235. The van der Waals surface area contributed by atoms with Crippen molar-refractivity contribution < 1.29 is 19.4 Å². The number of rotatable bonds is 10. The highest BCUT2D eigenvalue weighted by atomic mass is 16.5. The van der Waals surface area contributed by atoms with E-state index in [4.69, 9.17) is 4.74 Å². The first-order valence-electron chi connectivity index (χ1n) is 9.92. The largest absolute Gasteiger partial charge is 0.489 e. The number of aliphatic carboxylic acids is 1. The molecule has 5 nitrogen and oxygen atoms in total. The Balaban J connectivity index is 1.45. The number of hydrogen-bond donors (Lipinski definition) is 2. The summed E-state index contributed by atoms with van der Waals surface area (Å²) in [4.78, 5) is 23.7. The van der Waals surface area contributed by atoms with Gasteiger partial charge in [-0.15, -0.1) is 0 Å². The van der Waals surface area contributed by atoms with Crippen LogP contribution in [0.15, 0.2) is 84.9 Å². The number of carbonyl (C=O) groups excluding carboxylic acids is 1. The van der Waals surface area contributed by atoms with Crippen LogP contribution < -0.4 is 10.1 Å². The molecule has 0 aliphatic carbocycles. The molecule has 154 valence electrons. The maximum absolute atomic E-state index is 12.3. The second-order valence-corrected chi connectivity index (χ2v) is 7.07. The first kappa shape index (κ1) is 21.1. The number of para-hydroxylation sites is 1. The topological polar surface area (TPSA) is 75.6 Å². The predicted octanol–water partition coefficient (Wildman–Crippen LogP) is 4.01. The molecule has 5 heteroatoms. The normalized spacial score (nSPS) is 11.5. The zero-order valence-corrected chi connectivity index (χ0v) is 16.7. The van der Waals surface area contributed by atoms with E-state index in [9.17, 15) is 14.7 Å².